The van der Waals surface area contributed by atoms with Crippen LogP contribution in [0, 0.1) is 0 Å². The van der Waals surface area contributed by atoms with Crippen molar-refractivity contribution >= 4 is 48.8 Å². The van der Waals surface area contributed by atoms with Gasteiger partial charge in [0, 0.05) is 22.8 Å². The lowest BCUT2D eigenvalue weighted by molar-refractivity contribution is 0.870. The van der Waals surface area contributed by atoms with Gasteiger partial charge in [0.05, 0.1) is 9.91 Å². The van der Waals surface area contributed by atoms with Gasteiger partial charge in [-0.15, -0.1) is 11.3 Å². The summed E-state index contributed by atoms with van der Waals surface area (Å²) >= 11 is 8.06. The summed E-state index contributed by atoms with van der Waals surface area (Å²) in [6.45, 7) is 0.861. The maximum absolute atomic E-state index is 6.28. The summed E-state index contributed by atoms with van der Waals surface area (Å²) in [7, 11) is 0. The van der Waals surface area contributed by atoms with Gasteiger partial charge in [0.2, 0.25) is 0 Å². The monoisotopic (exact) mass is 271 g/mol. The van der Waals surface area contributed by atoms with Crippen LogP contribution in [-0.2, 0) is 6.54 Å². The van der Waals surface area contributed by atoms with Crippen molar-refractivity contribution in [1.82, 2.24) is 5.32 Å². The van der Waals surface area contributed by atoms with Crippen LogP contribution < -0.4 is 5.32 Å². The minimum absolute atomic E-state index is 0.821. The van der Waals surface area contributed by atoms with Crippen LogP contribution in [0.2, 0.25) is 0 Å². The van der Waals surface area contributed by atoms with Crippen LogP contribution in [-0.4, -0.2) is 0 Å². The smallest absolute Gasteiger partial charge is 0.0738 e. The van der Waals surface area contributed by atoms with Crippen molar-refractivity contribution in [3.63, 3.8) is 0 Å². The third-order valence-corrected chi connectivity index (χ3v) is 5.04. The fourth-order valence-corrected chi connectivity index (χ4v) is 4.05. The van der Waals surface area contributed by atoms with Gasteiger partial charge in [0.1, 0.15) is 0 Å². The topological polar surface area (TPSA) is 12.0 Å². The highest BCUT2D eigenvalue weighted by atomic mass is 35.5. The Bertz CT molecular complexity index is 801. The Balaban J connectivity index is 2.22. The molecule has 0 atom stereocenters. The highest BCUT2D eigenvalue weighted by Gasteiger charge is 2.18. The molecule has 0 unspecified atom stereocenters. The van der Waals surface area contributed by atoms with E-state index in [1.54, 1.807) is 11.3 Å². The van der Waals surface area contributed by atoms with Crippen LogP contribution in [0.4, 0.5) is 0 Å². The number of benzene rings is 2. The lowest BCUT2D eigenvalue weighted by atomic mass is 10.0. The zero-order valence-corrected chi connectivity index (χ0v) is 11.1. The van der Waals surface area contributed by atoms with Crippen molar-refractivity contribution in [2.24, 2.45) is 0 Å². The number of nitrogens with one attached hydrogen (secondary N) is 1. The molecule has 88 valence electrons. The number of thiophene rings is 1. The molecule has 1 aliphatic heterocycles. The van der Waals surface area contributed by atoms with Crippen molar-refractivity contribution in [3.8, 4) is 0 Å². The van der Waals surface area contributed by atoms with Crippen molar-refractivity contribution in [2.75, 3.05) is 0 Å². The molecule has 0 bridgehead atoms. The van der Waals surface area contributed by atoms with Crippen molar-refractivity contribution < 1.29 is 0 Å². The highest BCUT2D eigenvalue weighted by molar-refractivity contribution is 7.21. The molecular formula is C15H10ClNS. The first kappa shape index (κ1) is 10.4. The molecule has 3 aromatic rings. The summed E-state index contributed by atoms with van der Waals surface area (Å²) < 4.78 is 1.31. The Morgan fingerprint density at radius 2 is 2.00 bits per heavy atom. The van der Waals surface area contributed by atoms with E-state index in [2.05, 4.69) is 41.7 Å². The van der Waals surface area contributed by atoms with E-state index in [4.69, 9.17) is 11.6 Å². The summed E-state index contributed by atoms with van der Waals surface area (Å²) in [5.74, 6) is 0. The van der Waals surface area contributed by atoms with Crippen LogP contribution >= 0.6 is 22.9 Å². The van der Waals surface area contributed by atoms with E-state index in [1.165, 1.54) is 31.3 Å². The summed E-state index contributed by atoms with van der Waals surface area (Å²) in [6, 6.07) is 12.9. The van der Waals surface area contributed by atoms with Gasteiger partial charge in [0.15, 0.2) is 0 Å². The van der Waals surface area contributed by atoms with E-state index < -0.39 is 0 Å². The number of halogens is 1. The van der Waals surface area contributed by atoms with Crippen molar-refractivity contribution in [2.45, 2.75) is 6.54 Å². The van der Waals surface area contributed by atoms with E-state index in [0.717, 1.165) is 11.6 Å². The Hall–Kier alpha value is -1.51. The van der Waals surface area contributed by atoms with E-state index >= 15 is 0 Å². The molecule has 3 heteroatoms. The first-order valence-corrected chi connectivity index (χ1v) is 7.06. The van der Waals surface area contributed by atoms with Crippen molar-refractivity contribution in [1.29, 1.82) is 0 Å². The molecule has 0 saturated carbocycles. The summed E-state index contributed by atoms with van der Waals surface area (Å²) in [6.07, 6.45) is 1.89. The lowest BCUT2D eigenvalue weighted by Gasteiger charge is -2.11. The van der Waals surface area contributed by atoms with Crippen LogP contribution in [0.15, 0.2) is 42.6 Å². The van der Waals surface area contributed by atoms with Crippen LogP contribution in [0.5, 0.6) is 0 Å². The highest BCUT2D eigenvalue weighted by Crippen LogP contribution is 2.41. The standard InChI is InChI=1S/C15H10ClNS/c16-12-8-17-7-11-14-10-4-2-1-3-9(10)5-6-13(14)18-15(11)12/h1-6,8,17H,7H2. The summed E-state index contributed by atoms with van der Waals surface area (Å²) in [5, 5.41) is 8.03. The number of hydrogen-bond acceptors (Lipinski definition) is 2. The van der Waals surface area contributed by atoms with Gasteiger partial charge in [-0.25, -0.2) is 0 Å². The average molecular weight is 272 g/mol. The van der Waals surface area contributed by atoms with Crippen LogP contribution in [0.3, 0.4) is 0 Å². The number of rotatable bonds is 0. The fourth-order valence-electron chi connectivity index (χ4n) is 2.60. The second kappa shape index (κ2) is 3.74. The molecule has 4 rings (SSSR count). The van der Waals surface area contributed by atoms with Gasteiger partial charge >= 0.3 is 0 Å². The van der Waals surface area contributed by atoms with E-state index in [0.29, 0.717) is 0 Å². The largest absolute Gasteiger partial charge is 0.386 e. The van der Waals surface area contributed by atoms with E-state index in [9.17, 15) is 0 Å². The zero-order valence-electron chi connectivity index (χ0n) is 9.53. The summed E-state index contributed by atoms with van der Waals surface area (Å²) in [4.78, 5) is 1.21. The van der Waals surface area contributed by atoms with Gasteiger partial charge in [0.25, 0.3) is 0 Å². The second-order valence-electron chi connectivity index (χ2n) is 4.44. The number of hydrogen-bond donors (Lipinski definition) is 1. The van der Waals surface area contributed by atoms with Crippen LogP contribution in [0.25, 0.3) is 25.9 Å². The van der Waals surface area contributed by atoms with Gasteiger partial charge in [-0.1, -0.05) is 41.9 Å². The number of fused-ring (bicyclic) bond motifs is 5. The maximum atomic E-state index is 6.28. The predicted octanol–water partition coefficient (Wildman–Crippen LogP) is 4.69. The zero-order chi connectivity index (χ0) is 12.1. The molecular weight excluding hydrogens is 262 g/mol. The minimum Gasteiger partial charge on any atom is -0.386 e. The van der Waals surface area contributed by atoms with Gasteiger partial charge in [-0.2, -0.15) is 0 Å². The third-order valence-electron chi connectivity index (χ3n) is 3.40. The van der Waals surface area contributed by atoms with E-state index in [-0.39, 0.29) is 0 Å². The Morgan fingerprint density at radius 1 is 1.11 bits per heavy atom. The molecule has 0 aliphatic carbocycles. The quantitative estimate of drug-likeness (QED) is 0.625. The van der Waals surface area contributed by atoms with Gasteiger partial charge in [-0.05, 0) is 22.4 Å². The van der Waals surface area contributed by atoms with E-state index in [1.807, 2.05) is 6.20 Å². The lowest BCUT2D eigenvalue weighted by Crippen LogP contribution is -2.10. The van der Waals surface area contributed by atoms with Gasteiger partial charge in [-0.3, -0.25) is 0 Å². The first-order valence-electron chi connectivity index (χ1n) is 5.87. The molecule has 0 saturated heterocycles. The van der Waals surface area contributed by atoms with Crippen LogP contribution in [0.1, 0.15) is 10.4 Å². The predicted molar refractivity (Wildman–Crippen MR) is 80.0 cm³/mol. The second-order valence-corrected chi connectivity index (χ2v) is 5.90. The Labute approximate surface area is 114 Å². The molecule has 0 radical (unpaired) electrons. The fraction of sp³-hybridized carbons (Fsp3) is 0.0667. The maximum Gasteiger partial charge on any atom is 0.0738 e. The minimum atomic E-state index is 0.821. The molecule has 0 fully saturated rings. The molecule has 1 N–H and O–H groups in total. The first-order chi connectivity index (χ1) is 8.84. The molecule has 1 nitrogen and oxygen atoms in total. The van der Waals surface area contributed by atoms with Crippen molar-refractivity contribution in [3.05, 3.63) is 53.0 Å². The Morgan fingerprint density at radius 3 is 2.94 bits per heavy atom. The third kappa shape index (κ3) is 1.33. The summed E-state index contributed by atoms with van der Waals surface area (Å²) in [5.41, 5.74) is 1.33. The molecule has 2 aromatic carbocycles. The normalized spacial score (nSPS) is 14.4. The Kier molecular flexibility index (Phi) is 2.16. The molecule has 2 heterocycles. The van der Waals surface area contributed by atoms with Gasteiger partial charge < -0.3 is 5.32 Å². The molecule has 1 aliphatic rings. The SMILES string of the molecule is ClC1=CNCc2c1sc1ccc3ccccc3c21. The molecule has 0 spiro atoms. The molecule has 0 amide bonds. The molecule has 18 heavy (non-hydrogen) atoms. The molecule has 1 aromatic heterocycles. The average Bonchev–Trinajstić information content (AvgIpc) is 2.79.